The number of hydrogen-bond acceptors (Lipinski definition) is 6. The molecular weight excluding hydrogens is 264 g/mol. The van der Waals surface area contributed by atoms with Gasteiger partial charge in [-0.15, -0.1) is 0 Å². The third-order valence-electron chi connectivity index (χ3n) is 3.67. The van der Waals surface area contributed by atoms with Crippen molar-refractivity contribution in [3.05, 3.63) is 12.2 Å². The third-order valence-corrected chi connectivity index (χ3v) is 3.67. The largest absolute Gasteiger partial charge is 0.469 e. The fourth-order valence-electron chi connectivity index (χ4n) is 2.65. The first-order valence-corrected chi connectivity index (χ1v) is 6.80. The molecule has 0 amide bonds. The second-order valence-corrected chi connectivity index (χ2v) is 4.99. The standard InChI is InChI=1S/C14H22O6/c1-9-11(7-12(15)17-3)20-10-5-4-6-18-14(10)13(9)19-8-16-2/h10-11,13-14H,1,4-8H2,2-3H3/t10-,11+,13-,14-/m0/s1. The normalized spacial score (nSPS) is 33.6. The van der Waals surface area contributed by atoms with Gasteiger partial charge in [-0.05, 0) is 18.4 Å². The van der Waals surface area contributed by atoms with Crippen molar-refractivity contribution in [1.29, 1.82) is 0 Å². The lowest BCUT2D eigenvalue weighted by molar-refractivity contribution is -0.210. The lowest BCUT2D eigenvalue weighted by Gasteiger charge is -2.44. The van der Waals surface area contributed by atoms with Crippen molar-refractivity contribution < 1.29 is 28.5 Å². The van der Waals surface area contributed by atoms with E-state index in [0.29, 0.717) is 12.2 Å². The van der Waals surface area contributed by atoms with Gasteiger partial charge in [-0.25, -0.2) is 0 Å². The predicted molar refractivity (Wildman–Crippen MR) is 70.2 cm³/mol. The van der Waals surface area contributed by atoms with Gasteiger partial charge in [-0.2, -0.15) is 0 Å². The molecule has 6 nitrogen and oxygen atoms in total. The van der Waals surface area contributed by atoms with E-state index in [9.17, 15) is 4.79 Å². The topological polar surface area (TPSA) is 63.2 Å². The van der Waals surface area contributed by atoms with E-state index in [1.54, 1.807) is 7.11 Å². The zero-order chi connectivity index (χ0) is 14.5. The van der Waals surface area contributed by atoms with Gasteiger partial charge in [0, 0.05) is 13.7 Å². The van der Waals surface area contributed by atoms with Crippen molar-refractivity contribution in [2.75, 3.05) is 27.6 Å². The zero-order valence-corrected chi connectivity index (χ0v) is 12.0. The van der Waals surface area contributed by atoms with E-state index in [0.717, 1.165) is 12.8 Å². The maximum absolute atomic E-state index is 11.5. The fraction of sp³-hybridized carbons (Fsp3) is 0.786. The van der Waals surface area contributed by atoms with Crippen LogP contribution in [0.3, 0.4) is 0 Å². The quantitative estimate of drug-likeness (QED) is 0.427. The van der Waals surface area contributed by atoms with Crippen molar-refractivity contribution in [2.24, 2.45) is 0 Å². The van der Waals surface area contributed by atoms with Crippen LogP contribution in [-0.2, 0) is 28.5 Å². The first kappa shape index (κ1) is 15.4. The molecule has 0 aromatic carbocycles. The molecular formula is C14H22O6. The highest BCUT2D eigenvalue weighted by Gasteiger charge is 2.44. The Balaban J connectivity index is 2.08. The molecule has 0 bridgehead atoms. The van der Waals surface area contributed by atoms with Crippen LogP contribution in [0, 0.1) is 0 Å². The summed E-state index contributed by atoms with van der Waals surface area (Å²) in [6.07, 6.45) is 1.01. The fourth-order valence-corrected chi connectivity index (χ4v) is 2.65. The van der Waals surface area contributed by atoms with Crippen LogP contribution in [0.1, 0.15) is 19.3 Å². The van der Waals surface area contributed by atoms with Crippen LogP contribution in [-0.4, -0.2) is 58.0 Å². The monoisotopic (exact) mass is 286 g/mol. The first-order chi connectivity index (χ1) is 9.67. The second-order valence-electron chi connectivity index (χ2n) is 4.99. The minimum Gasteiger partial charge on any atom is -0.469 e. The maximum atomic E-state index is 11.5. The van der Waals surface area contributed by atoms with Crippen molar-refractivity contribution >= 4 is 5.97 Å². The Morgan fingerprint density at radius 3 is 2.95 bits per heavy atom. The molecule has 2 heterocycles. The number of esters is 1. The van der Waals surface area contributed by atoms with Crippen molar-refractivity contribution in [1.82, 2.24) is 0 Å². The van der Waals surface area contributed by atoms with Gasteiger partial charge in [-0.1, -0.05) is 6.58 Å². The molecule has 0 aliphatic carbocycles. The van der Waals surface area contributed by atoms with E-state index in [1.165, 1.54) is 7.11 Å². The Kier molecular flexibility index (Phi) is 5.54. The molecule has 0 aromatic rings. The van der Waals surface area contributed by atoms with Crippen LogP contribution < -0.4 is 0 Å². The van der Waals surface area contributed by atoms with Gasteiger partial charge in [0.2, 0.25) is 0 Å². The Labute approximate surface area is 119 Å². The molecule has 2 aliphatic rings. The summed E-state index contributed by atoms with van der Waals surface area (Å²) >= 11 is 0. The van der Waals surface area contributed by atoms with Gasteiger partial charge < -0.3 is 23.7 Å². The Bertz CT molecular complexity index is 356. The van der Waals surface area contributed by atoms with Gasteiger partial charge in [0.15, 0.2) is 0 Å². The van der Waals surface area contributed by atoms with Gasteiger partial charge in [0.1, 0.15) is 19.0 Å². The summed E-state index contributed by atoms with van der Waals surface area (Å²) in [5.74, 6) is -0.322. The van der Waals surface area contributed by atoms with E-state index in [-0.39, 0.29) is 37.5 Å². The molecule has 0 aromatic heterocycles. The summed E-state index contributed by atoms with van der Waals surface area (Å²) in [6.45, 7) is 4.86. The second kappa shape index (κ2) is 7.17. The van der Waals surface area contributed by atoms with Crippen LogP contribution in [0.2, 0.25) is 0 Å². The average Bonchev–Trinajstić information content (AvgIpc) is 2.47. The number of fused-ring (bicyclic) bond motifs is 1. The predicted octanol–water partition coefficient (Wildman–Crippen LogP) is 1.04. The summed E-state index contributed by atoms with van der Waals surface area (Å²) in [7, 11) is 2.92. The van der Waals surface area contributed by atoms with E-state index >= 15 is 0 Å². The molecule has 2 aliphatic heterocycles. The zero-order valence-electron chi connectivity index (χ0n) is 12.0. The van der Waals surface area contributed by atoms with Crippen LogP contribution >= 0.6 is 0 Å². The molecule has 0 radical (unpaired) electrons. The van der Waals surface area contributed by atoms with E-state index < -0.39 is 6.10 Å². The third kappa shape index (κ3) is 3.38. The average molecular weight is 286 g/mol. The van der Waals surface area contributed by atoms with Crippen LogP contribution in [0.4, 0.5) is 0 Å². The van der Waals surface area contributed by atoms with E-state index in [1.807, 2.05) is 0 Å². The summed E-state index contributed by atoms with van der Waals surface area (Å²) in [5, 5.41) is 0. The molecule has 114 valence electrons. The number of ether oxygens (including phenoxy) is 5. The number of methoxy groups -OCH3 is 2. The molecule has 0 spiro atoms. The molecule has 0 N–H and O–H groups in total. The number of rotatable bonds is 5. The summed E-state index contributed by atoms with van der Waals surface area (Å²) in [6, 6.07) is 0. The molecule has 4 atom stereocenters. The molecule has 0 saturated carbocycles. The van der Waals surface area contributed by atoms with Gasteiger partial charge >= 0.3 is 5.97 Å². The van der Waals surface area contributed by atoms with Crippen molar-refractivity contribution in [2.45, 2.75) is 43.7 Å². The Morgan fingerprint density at radius 1 is 1.45 bits per heavy atom. The highest BCUT2D eigenvalue weighted by atomic mass is 16.7. The van der Waals surface area contributed by atoms with Crippen LogP contribution in [0.5, 0.6) is 0 Å². The summed E-state index contributed by atoms with van der Waals surface area (Å²) < 4.78 is 27.0. The minimum absolute atomic E-state index is 0.0780. The SMILES string of the molecule is C=C1[C@@H](CC(=O)OC)O[C@H]2CCCO[C@@H]2[C@H]1OCOC. The molecule has 2 fully saturated rings. The summed E-state index contributed by atoms with van der Waals surface area (Å²) in [4.78, 5) is 11.5. The molecule has 0 unspecified atom stereocenters. The molecule has 6 heteroatoms. The lowest BCUT2D eigenvalue weighted by atomic mass is 9.88. The van der Waals surface area contributed by atoms with E-state index in [2.05, 4.69) is 6.58 Å². The van der Waals surface area contributed by atoms with Crippen LogP contribution in [0.15, 0.2) is 12.2 Å². The van der Waals surface area contributed by atoms with Gasteiger partial charge in [-0.3, -0.25) is 4.79 Å². The Morgan fingerprint density at radius 2 is 2.25 bits per heavy atom. The smallest absolute Gasteiger partial charge is 0.308 e. The number of hydrogen-bond donors (Lipinski definition) is 0. The number of carbonyl (C=O) groups is 1. The van der Waals surface area contributed by atoms with Gasteiger partial charge in [0.05, 0.1) is 25.7 Å². The molecule has 2 saturated heterocycles. The van der Waals surface area contributed by atoms with E-state index in [4.69, 9.17) is 23.7 Å². The first-order valence-electron chi connectivity index (χ1n) is 6.80. The lowest BCUT2D eigenvalue weighted by Crippen LogP contribution is -2.54. The number of carbonyl (C=O) groups excluding carboxylic acids is 1. The summed E-state index contributed by atoms with van der Waals surface area (Å²) in [5.41, 5.74) is 0.704. The minimum atomic E-state index is -0.396. The highest BCUT2D eigenvalue weighted by molar-refractivity contribution is 5.70. The maximum Gasteiger partial charge on any atom is 0.308 e. The van der Waals surface area contributed by atoms with Gasteiger partial charge in [0.25, 0.3) is 0 Å². The van der Waals surface area contributed by atoms with Crippen LogP contribution in [0.25, 0.3) is 0 Å². The highest BCUT2D eigenvalue weighted by Crippen LogP contribution is 2.34. The molecule has 20 heavy (non-hydrogen) atoms. The molecule has 2 rings (SSSR count). The van der Waals surface area contributed by atoms with Crippen molar-refractivity contribution in [3.8, 4) is 0 Å². The Hall–Kier alpha value is -0.950. The van der Waals surface area contributed by atoms with Crippen molar-refractivity contribution in [3.63, 3.8) is 0 Å².